The van der Waals surface area contributed by atoms with Crippen LogP contribution in [0.5, 0.6) is 0 Å². The van der Waals surface area contributed by atoms with Crippen molar-refractivity contribution < 1.29 is 5.11 Å². The lowest BCUT2D eigenvalue weighted by molar-refractivity contribution is 0.0793. The maximum Gasteiger partial charge on any atom is 0.0565 e. The third-order valence-electron chi connectivity index (χ3n) is 4.24. The van der Waals surface area contributed by atoms with Gasteiger partial charge in [-0.25, -0.2) is 0 Å². The zero-order chi connectivity index (χ0) is 12.0. The van der Waals surface area contributed by atoms with E-state index < -0.39 is 0 Å². The Bertz CT molecular complexity index is 144. The van der Waals surface area contributed by atoms with E-state index in [1.165, 1.54) is 44.9 Å². The average molecular weight is 227 g/mol. The highest BCUT2D eigenvalue weighted by Crippen LogP contribution is 2.23. The molecular weight excluding hydrogens is 198 g/mol. The lowest BCUT2D eigenvalue weighted by Gasteiger charge is -2.24. The molecule has 0 bridgehead atoms. The van der Waals surface area contributed by atoms with E-state index in [0.717, 1.165) is 12.3 Å². The van der Waals surface area contributed by atoms with Gasteiger partial charge in [-0.05, 0) is 37.5 Å². The van der Waals surface area contributed by atoms with Crippen molar-refractivity contribution in [3.8, 4) is 0 Å². The molecule has 2 heteroatoms. The Hall–Kier alpha value is -0.0800. The summed E-state index contributed by atoms with van der Waals surface area (Å²) < 4.78 is 0. The van der Waals surface area contributed by atoms with E-state index in [-0.39, 0.29) is 6.10 Å². The van der Waals surface area contributed by atoms with Crippen LogP contribution in [0, 0.1) is 11.8 Å². The van der Waals surface area contributed by atoms with Gasteiger partial charge in [0.05, 0.1) is 6.10 Å². The summed E-state index contributed by atoms with van der Waals surface area (Å²) in [4.78, 5) is 0. The van der Waals surface area contributed by atoms with Crippen molar-refractivity contribution in [1.29, 1.82) is 0 Å². The molecule has 0 radical (unpaired) electrons. The van der Waals surface area contributed by atoms with Crippen molar-refractivity contribution in [1.82, 2.24) is 0 Å². The zero-order valence-electron chi connectivity index (χ0n) is 11.0. The van der Waals surface area contributed by atoms with Gasteiger partial charge in [0.15, 0.2) is 0 Å². The summed E-state index contributed by atoms with van der Waals surface area (Å²) in [5.74, 6) is 1.34. The minimum Gasteiger partial charge on any atom is -0.393 e. The van der Waals surface area contributed by atoms with Crippen molar-refractivity contribution >= 4 is 0 Å². The maximum absolute atomic E-state index is 9.18. The predicted octanol–water partition coefficient (Wildman–Crippen LogP) is 3.08. The summed E-state index contributed by atoms with van der Waals surface area (Å²) in [5.41, 5.74) is 5.78. The van der Waals surface area contributed by atoms with Crippen LogP contribution in [0.4, 0.5) is 0 Å². The van der Waals surface area contributed by atoms with Crippen LogP contribution in [0.2, 0.25) is 0 Å². The average Bonchev–Trinajstić information content (AvgIpc) is 2.28. The van der Waals surface area contributed by atoms with E-state index >= 15 is 0 Å². The fourth-order valence-electron chi connectivity index (χ4n) is 2.64. The number of hydrogen-bond donors (Lipinski definition) is 2. The van der Waals surface area contributed by atoms with Crippen LogP contribution in [-0.2, 0) is 0 Å². The van der Waals surface area contributed by atoms with Gasteiger partial charge in [-0.1, -0.05) is 39.5 Å². The molecule has 0 spiro atoms. The molecule has 0 amide bonds. The highest BCUT2D eigenvalue weighted by atomic mass is 16.3. The second-order valence-electron chi connectivity index (χ2n) is 5.75. The number of rotatable bonds is 0. The smallest absolute Gasteiger partial charge is 0.0565 e. The molecule has 4 atom stereocenters. The SMILES string of the molecule is CC1CCCCC1N.CC1CCCCC1O. The Balaban J connectivity index is 0.000000160. The molecule has 2 rings (SSSR count). The van der Waals surface area contributed by atoms with E-state index in [9.17, 15) is 5.11 Å². The second-order valence-corrected chi connectivity index (χ2v) is 5.75. The summed E-state index contributed by atoms with van der Waals surface area (Å²) in [6.07, 6.45) is 10.2. The van der Waals surface area contributed by atoms with Crippen molar-refractivity contribution in [2.24, 2.45) is 17.6 Å². The first-order valence-corrected chi connectivity index (χ1v) is 7.05. The van der Waals surface area contributed by atoms with Gasteiger partial charge < -0.3 is 10.8 Å². The summed E-state index contributed by atoms with van der Waals surface area (Å²) in [7, 11) is 0. The van der Waals surface area contributed by atoms with Crippen LogP contribution in [0.25, 0.3) is 0 Å². The van der Waals surface area contributed by atoms with Crippen molar-refractivity contribution in [3.63, 3.8) is 0 Å². The number of nitrogens with two attached hydrogens (primary N) is 1. The molecule has 2 aliphatic carbocycles. The molecule has 16 heavy (non-hydrogen) atoms. The third-order valence-corrected chi connectivity index (χ3v) is 4.24. The van der Waals surface area contributed by atoms with Crippen LogP contribution in [0.1, 0.15) is 65.2 Å². The van der Waals surface area contributed by atoms with E-state index in [4.69, 9.17) is 5.73 Å². The summed E-state index contributed by atoms with van der Waals surface area (Å²) in [5, 5.41) is 9.18. The van der Waals surface area contributed by atoms with Crippen LogP contribution in [0.15, 0.2) is 0 Å². The topological polar surface area (TPSA) is 46.2 Å². The highest BCUT2D eigenvalue weighted by Gasteiger charge is 2.17. The number of aliphatic hydroxyl groups is 1. The largest absolute Gasteiger partial charge is 0.393 e. The lowest BCUT2D eigenvalue weighted by Crippen LogP contribution is -2.30. The Morgan fingerprint density at radius 3 is 1.62 bits per heavy atom. The second kappa shape index (κ2) is 7.29. The molecule has 0 aromatic carbocycles. The molecule has 2 aliphatic rings. The predicted molar refractivity (Wildman–Crippen MR) is 69.2 cm³/mol. The standard InChI is InChI=1S/C7H15N.C7H14O/c2*1-6-4-2-3-5-7(6)8/h6-7H,2-5,8H2,1H3;6-8H,2-5H2,1H3. The van der Waals surface area contributed by atoms with Gasteiger partial charge in [0.1, 0.15) is 0 Å². The van der Waals surface area contributed by atoms with E-state index in [1.54, 1.807) is 0 Å². The molecular formula is C14H29NO. The number of aliphatic hydroxyl groups excluding tert-OH is 1. The molecule has 0 aromatic rings. The van der Waals surface area contributed by atoms with Gasteiger partial charge in [-0.3, -0.25) is 0 Å². The molecule has 0 heterocycles. The van der Waals surface area contributed by atoms with Crippen LogP contribution >= 0.6 is 0 Å². The monoisotopic (exact) mass is 227 g/mol. The van der Waals surface area contributed by atoms with Gasteiger partial charge >= 0.3 is 0 Å². The van der Waals surface area contributed by atoms with Crippen LogP contribution in [-0.4, -0.2) is 17.3 Å². The summed E-state index contributed by atoms with van der Waals surface area (Å²) in [6, 6.07) is 0.503. The Labute approximate surface area is 101 Å². The molecule has 96 valence electrons. The lowest BCUT2D eigenvalue weighted by atomic mass is 9.87. The van der Waals surface area contributed by atoms with E-state index in [0.29, 0.717) is 12.0 Å². The maximum atomic E-state index is 9.18. The minimum absolute atomic E-state index is 0.00347. The fraction of sp³-hybridized carbons (Fsp3) is 1.00. The van der Waals surface area contributed by atoms with Gasteiger partial charge in [0.25, 0.3) is 0 Å². The van der Waals surface area contributed by atoms with Crippen molar-refractivity contribution in [2.75, 3.05) is 0 Å². The van der Waals surface area contributed by atoms with Crippen molar-refractivity contribution in [3.05, 3.63) is 0 Å². The molecule has 2 fully saturated rings. The Morgan fingerprint density at radius 1 is 0.812 bits per heavy atom. The zero-order valence-corrected chi connectivity index (χ0v) is 11.0. The molecule has 2 nitrogen and oxygen atoms in total. The first-order chi connectivity index (χ1) is 7.61. The first kappa shape index (κ1) is 14.0. The molecule has 0 aromatic heterocycles. The Morgan fingerprint density at radius 2 is 1.31 bits per heavy atom. The summed E-state index contributed by atoms with van der Waals surface area (Å²) >= 11 is 0. The first-order valence-electron chi connectivity index (χ1n) is 7.05. The molecule has 0 saturated heterocycles. The Kier molecular flexibility index (Phi) is 6.37. The quantitative estimate of drug-likeness (QED) is 0.668. The van der Waals surface area contributed by atoms with Crippen molar-refractivity contribution in [2.45, 2.75) is 77.4 Å². The van der Waals surface area contributed by atoms with Crippen LogP contribution in [0.3, 0.4) is 0 Å². The van der Waals surface area contributed by atoms with Crippen LogP contribution < -0.4 is 5.73 Å². The highest BCUT2D eigenvalue weighted by molar-refractivity contribution is 4.73. The molecule has 2 saturated carbocycles. The minimum atomic E-state index is 0.00347. The van der Waals surface area contributed by atoms with Gasteiger partial charge in [0, 0.05) is 6.04 Å². The van der Waals surface area contributed by atoms with Gasteiger partial charge in [0.2, 0.25) is 0 Å². The normalized spacial score (nSPS) is 39.8. The molecule has 3 N–H and O–H groups in total. The molecule has 4 unspecified atom stereocenters. The van der Waals surface area contributed by atoms with E-state index in [2.05, 4.69) is 13.8 Å². The number of hydrogen-bond acceptors (Lipinski definition) is 2. The van der Waals surface area contributed by atoms with E-state index in [1.807, 2.05) is 0 Å². The van der Waals surface area contributed by atoms with Gasteiger partial charge in [-0.15, -0.1) is 0 Å². The fourth-order valence-corrected chi connectivity index (χ4v) is 2.64. The summed E-state index contributed by atoms with van der Waals surface area (Å²) in [6.45, 7) is 4.38. The van der Waals surface area contributed by atoms with Gasteiger partial charge in [-0.2, -0.15) is 0 Å². The third kappa shape index (κ3) is 4.84. The molecule has 0 aliphatic heterocycles.